The van der Waals surface area contributed by atoms with Crippen LogP contribution in [-0.4, -0.2) is 36.8 Å². The van der Waals surface area contributed by atoms with Gasteiger partial charge in [0.25, 0.3) is 0 Å². The van der Waals surface area contributed by atoms with Crippen molar-refractivity contribution >= 4 is 23.0 Å². The number of nitrogens with two attached hydrogens (primary N) is 1. The van der Waals surface area contributed by atoms with Crippen LogP contribution in [0, 0.1) is 5.92 Å². The van der Waals surface area contributed by atoms with Gasteiger partial charge in [0.2, 0.25) is 0 Å². The Bertz CT molecular complexity index is 420. The highest BCUT2D eigenvalue weighted by Gasteiger charge is 2.21. The van der Waals surface area contributed by atoms with Crippen molar-refractivity contribution < 1.29 is 4.74 Å². The summed E-state index contributed by atoms with van der Waals surface area (Å²) in [5.41, 5.74) is 6.51. The Labute approximate surface area is 113 Å². The zero-order valence-corrected chi connectivity index (χ0v) is 11.4. The minimum Gasteiger partial charge on any atom is -0.389 e. The fourth-order valence-corrected chi connectivity index (χ4v) is 1.89. The molecule has 1 saturated carbocycles. The van der Waals surface area contributed by atoms with Crippen LogP contribution in [0.2, 0.25) is 0 Å². The first-order chi connectivity index (χ1) is 8.68. The maximum absolute atomic E-state index is 5.69. The molecule has 0 aromatic carbocycles. The summed E-state index contributed by atoms with van der Waals surface area (Å²) < 4.78 is 5.62. The Morgan fingerprint density at radius 3 is 3.06 bits per heavy atom. The number of aromatic nitrogens is 1. The number of nitrogens with zero attached hydrogens (tertiary/aromatic N) is 2. The third kappa shape index (κ3) is 3.65. The Morgan fingerprint density at radius 1 is 1.61 bits per heavy atom. The first-order valence-corrected chi connectivity index (χ1v) is 6.63. The van der Waals surface area contributed by atoms with Crippen molar-refractivity contribution in [3.63, 3.8) is 0 Å². The minimum absolute atomic E-state index is 0.379. The molecule has 1 aliphatic rings. The molecule has 0 radical (unpaired) electrons. The van der Waals surface area contributed by atoms with Gasteiger partial charge in [-0.05, 0) is 30.9 Å². The summed E-state index contributed by atoms with van der Waals surface area (Å²) in [6.07, 6.45) is 4.39. The van der Waals surface area contributed by atoms with Gasteiger partial charge in [0.05, 0.1) is 12.2 Å². The summed E-state index contributed by atoms with van der Waals surface area (Å²) in [5, 5.41) is 0. The number of likely N-dealkylation sites (N-methyl/N-ethyl adjacent to an activating group) is 1. The maximum Gasteiger partial charge on any atom is 0.138 e. The van der Waals surface area contributed by atoms with E-state index in [4.69, 9.17) is 22.7 Å². The number of rotatable bonds is 7. The van der Waals surface area contributed by atoms with E-state index in [9.17, 15) is 0 Å². The van der Waals surface area contributed by atoms with Crippen LogP contribution in [0.25, 0.3) is 0 Å². The zero-order chi connectivity index (χ0) is 13.0. The van der Waals surface area contributed by atoms with Gasteiger partial charge in [0, 0.05) is 26.4 Å². The van der Waals surface area contributed by atoms with Crippen molar-refractivity contribution in [3.05, 3.63) is 23.9 Å². The average Bonchev–Trinajstić information content (AvgIpc) is 3.18. The second kappa shape index (κ2) is 6.11. The van der Waals surface area contributed by atoms with E-state index < -0.39 is 0 Å². The van der Waals surface area contributed by atoms with Crippen LogP contribution in [0.5, 0.6) is 0 Å². The van der Waals surface area contributed by atoms with Crippen molar-refractivity contribution in [2.75, 3.05) is 31.7 Å². The molecule has 1 aromatic heterocycles. The molecule has 0 atom stereocenters. The minimum atomic E-state index is 0.379. The normalized spacial score (nSPS) is 14.5. The van der Waals surface area contributed by atoms with Crippen molar-refractivity contribution in [1.82, 2.24) is 4.98 Å². The summed E-state index contributed by atoms with van der Waals surface area (Å²) in [6.45, 7) is 2.39. The molecule has 0 saturated heterocycles. The summed E-state index contributed by atoms with van der Waals surface area (Å²) in [5.74, 6) is 1.62. The summed E-state index contributed by atoms with van der Waals surface area (Å²) in [6, 6.07) is 3.74. The Kier molecular flexibility index (Phi) is 4.49. The van der Waals surface area contributed by atoms with Crippen molar-refractivity contribution in [2.24, 2.45) is 11.7 Å². The van der Waals surface area contributed by atoms with E-state index in [0.29, 0.717) is 11.6 Å². The lowest BCUT2D eigenvalue weighted by molar-refractivity contribution is 0.131. The average molecular weight is 265 g/mol. The highest BCUT2D eigenvalue weighted by molar-refractivity contribution is 7.80. The standard InChI is InChI=1S/C13H19N3OS/c1-16(7-8-17-9-10-4-5-10)13-11(12(14)18)3-2-6-15-13/h2-3,6,10H,4-5,7-9H2,1H3,(H2,14,18). The van der Waals surface area contributed by atoms with Gasteiger partial charge in [-0.2, -0.15) is 0 Å². The maximum atomic E-state index is 5.69. The van der Waals surface area contributed by atoms with Gasteiger partial charge in [-0.3, -0.25) is 0 Å². The molecule has 1 aliphatic carbocycles. The molecule has 0 spiro atoms. The molecule has 1 fully saturated rings. The third-order valence-electron chi connectivity index (χ3n) is 3.04. The van der Waals surface area contributed by atoms with Crippen LogP contribution in [0.1, 0.15) is 18.4 Å². The molecule has 0 bridgehead atoms. The van der Waals surface area contributed by atoms with Crippen LogP contribution >= 0.6 is 12.2 Å². The predicted molar refractivity (Wildman–Crippen MR) is 76.9 cm³/mol. The van der Waals surface area contributed by atoms with Crippen LogP contribution in [-0.2, 0) is 4.74 Å². The lowest BCUT2D eigenvalue weighted by Crippen LogP contribution is -2.26. The van der Waals surface area contributed by atoms with Gasteiger partial charge in [-0.1, -0.05) is 12.2 Å². The number of anilines is 1. The third-order valence-corrected chi connectivity index (χ3v) is 3.26. The lowest BCUT2D eigenvalue weighted by Gasteiger charge is -2.20. The Balaban J connectivity index is 1.86. The van der Waals surface area contributed by atoms with E-state index >= 15 is 0 Å². The molecule has 1 aromatic rings. The molecule has 0 amide bonds. The quantitative estimate of drug-likeness (QED) is 0.599. The van der Waals surface area contributed by atoms with Gasteiger partial charge < -0.3 is 15.4 Å². The fourth-order valence-electron chi connectivity index (χ4n) is 1.74. The highest BCUT2D eigenvalue weighted by atomic mass is 32.1. The predicted octanol–water partition coefficient (Wildman–Crippen LogP) is 1.58. The molecule has 98 valence electrons. The molecule has 2 rings (SSSR count). The smallest absolute Gasteiger partial charge is 0.138 e. The molecule has 18 heavy (non-hydrogen) atoms. The number of pyridine rings is 1. The van der Waals surface area contributed by atoms with E-state index in [1.54, 1.807) is 6.20 Å². The Hall–Kier alpha value is -1.20. The van der Waals surface area contributed by atoms with Crippen molar-refractivity contribution in [2.45, 2.75) is 12.8 Å². The van der Waals surface area contributed by atoms with Crippen molar-refractivity contribution in [3.8, 4) is 0 Å². The monoisotopic (exact) mass is 265 g/mol. The molecule has 0 unspecified atom stereocenters. The summed E-state index contributed by atoms with van der Waals surface area (Å²) >= 11 is 5.03. The van der Waals surface area contributed by atoms with Gasteiger partial charge in [0.15, 0.2) is 0 Å². The molecule has 4 nitrogen and oxygen atoms in total. The molecular formula is C13H19N3OS. The first-order valence-electron chi connectivity index (χ1n) is 6.22. The molecule has 5 heteroatoms. The molecule has 0 aliphatic heterocycles. The van der Waals surface area contributed by atoms with E-state index in [0.717, 1.165) is 30.5 Å². The topological polar surface area (TPSA) is 51.4 Å². The lowest BCUT2D eigenvalue weighted by atomic mass is 10.2. The second-order valence-electron chi connectivity index (χ2n) is 4.68. The molecule has 2 N–H and O–H groups in total. The van der Waals surface area contributed by atoms with Crippen LogP contribution in [0.4, 0.5) is 5.82 Å². The van der Waals surface area contributed by atoms with E-state index in [-0.39, 0.29) is 0 Å². The molecular weight excluding hydrogens is 246 g/mol. The summed E-state index contributed by atoms with van der Waals surface area (Å²) in [4.78, 5) is 6.74. The van der Waals surface area contributed by atoms with Gasteiger partial charge in [-0.15, -0.1) is 0 Å². The van der Waals surface area contributed by atoms with E-state index in [1.165, 1.54) is 12.8 Å². The first kappa shape index (κ1) is 13.2. The zero-order valence-electron chi connectivity index (χ0n) is 10.6. The van der Waals surface area contributed by atoms with Crippen LogP contribution in [0.15, 0.2) is 18.3 Å². The van der Waals surface area contributed by atoms with Gasteiger partial charge in [-0.25, -0.2) is 4.98 Å². The van der Waals surface area contributed by atoms with Crippen LogP contribution in [0.3, 0.4) is 0 Å². The van der Waals surface area contributed by atoms with Crippen molar-refractivity contribution in [1.29, 1.82) is 0 Å². The highest BCUT2D eigenvalue weighted by Crippen LogP contribution is 2.28. The van der Waals surface area contributed by atoms with Gasteiger partial charge >= 0.3 is 0 Å². The second-order valence-corrected chi connectivity index (χ2v) is 5.12. The SMILES string of the molecule is CN(CCOCC1CC1)c1ncccc1C(N)=S. The Morgan fingerprint density at radius 2 is 2.39 bits per heavy atom. The summed E-state index contributed by atoms with van der Waals surface area (Å²) in [7, 11) is 1.98. The van der Waals surface area contributed by atoms with Crippen LogP contribution < -0.4 is 10.6 Å². The van der Waals surface area contributed by atoms with E-state index in [1.807, 2.05) is 24.1 Å². The number of thiocarbonyl (C=S) groups is 1. The fraction of sp³-hybridized carbons (Fsp3) is 0.538. The largest absolute Gasteiger partial charge is 0.389 e. The van der Waals surface area contributed by atoms with E-state index in [2.05, 4.69) is 4.98 Å². The van der Waals surface area contributed by atoms with Gasteiger partial charge in [0.1, 0.15) is 10.8 Å². The number of hydrogen-bond donors (Lipinski definition) is 1. The number of ether oxygens (including phenoxy) is 1. The molecule has 1 heterocycles. The number of hydrogen-bond acceptors (Lipinski definition) is 4.